The van der Waals surface area contributed by atoms with Gasteiger partial charge in [-0.05, 0) is 44.2 Å². The molecule has 0 aromatic carbocycles. The maximum atomic E-state index is 14.5. The van der Waals surface area contributed by atoms with Crippen LogP contribution in [0.3, 0.4) is 0 Å². The van der Waals surface area contributed by atoms with Gasteiger partial charge in [0.15, 0.2) is 5.78 Å². The summed E-state index contributed by atoms with van der Waals surface area (Å²) in [7, 11) is 4.46. The first-order chi connectivity index (χ1) is 19.4. The van der Waals surface area contributed by atoms with Gasteiger partial charge in [-0.1, -0.05) is 26.0 Å². The predicted molar refractivity (Wildman–Crippen MR) is 154 cm³/mol. The Hall–Kier alpha value is -4.15. The monoisotopic (exact) mass is 567 g/mol. The van der Waals surface area contributed by atoms with Crippen LogP contribution in [0.1, 0.15) is 49.2 Å². The number of likely N-dealkylation sites (N-methyl/N-ethyl adjacent to an activating group) is 1. The topological polar surface area (TPSA) is 123 Å². The van der Waals surface area contributed by atoms with Gasteiger partial charge in [0.05, 0.1) is 37.3 Å². The van der Waals surface area contributed by atoms with Crippen LogP contribution in [0, 0.1) is 18.7 Å². The fraction of sp³-hybridized carbons (Fsp3) is 0.467. The number of aromatic nitrogens is 2. The van der Waals surface area contributed by atoms with Crippen LogP contribution in [0.5, 0.6) is 0 Å². The highest BCUT2D eigenvalue weighted by Crippen LogP contribution is 2.32. The van der Waals surface area contributed by atoms with Gasteiger partial charge < -0.3 is 19.5 Å². The summed E-state index contributed by atoms with van der Waals surface area (Å²) in [5.41, 5.74) is 3.07. The van der Waals surface area contributed by atoms with Gasteiger partial charge in [0, 0.05) is 49.5 Å². The van der Waals surface area contributed by atoms with Crippen LogP contribution in [-0.2, 0) is 40.1 Å². The van der Waals surface area contributed by atoms with Gasteiger partial charge in [-0.2, -0.15) is 0 Å². The first-order valence-corrected chi connectivity index (χ1v) is 13.6. The fourth-order valence-corrected chi connectivity index (χ4v) is 4.56. The Morgan fingerprint density at radius 1 is 1.24 bits per heavy atom. The number of ether oxygens (including phenoxy) is 1. The molecule has 0 radical (unpaired) electrons. The Kier molecular flexibility index (Phi) is 10.7. The summed E-state index contributed by atoms with van der Waals surface area (Å²) in [4.78, 5) is 60.6. The zero-order valence-corrected chi connectivity index (χ0v) is 24.5. The molecule has 10 nitrogen and oxygen atoms in total. The highest BCUT2D eigenvalue weighted by Gasteiger charge is 2.25. The summed E-state index contributed by atoms with van der Waals surface area (Å²) < 4.78 is 20.7. The number of carbonyl (C=O) groups excluding carboxylic acids is 3. The molecule has 11 heteroatoms. The van der Waals surface area contributed by atoms with Crippen molar-refractivity contribution in [1.82, 2.24) is 19.8 Å². The third-order valence-corrected chi connectivity index (χ3v) is 6.80. The number of ketones is 1. The van der Waals surface area contributed by atoms with E-state index < -0.39 is 12.1 Å². The first-order valence-electron chi connectivity index (χ1n) is 13.6. The van der Waals surface area contributed by atoms with E-state index in [1.807, 2.05) is 13.8 Å². The van der Waals surface area contributed by atoms with Crippen molar-refractivity contribution in [3.05, 3.63) is 69.2 Å². The number of pyridine rings is 2. The summed E-state index contributed by atoms with van der Waals surface area (Å²) in [6.45, 7) is 5.99. The Bertz CT molecular complexity index is 1430. The summed E-state index contributed by atoms with van der Waals surface area (Å²) in [6.07, 6.45) is 4.82. The summed E-state index contributed by atoms with van der Waals surface area (Å²) in [5, 5.41) is 2.53. The number of nitrogens with one attached hydrogen (secondary N) is 1. The van der Waals surface area contributed by atoms with Gasteiger partial charge in [-0.25, -0.2) is 9.18 Å². The molecule has 2 amide bonds. The number of amides is 2. The van der Waals surface area contributed by atoms with Crippen molar-refractivity contribution < 1.29 is 23.5 Å². The molecule has 1 aliphatic heterocycles. The van der Waals surface area contributed by atoms with E-state index in [2.05, 4.69) is 20.0 Å². The number of allylic oxidation sites excluding steroid dienone is 1. The third kappa shape index (κ3) is 8.18. The predicted octanol–water partition coefficient (Wildman–Crippen LogP) is 3.48. The number of Topliss-reactive ketones (excluding diaryl/α,β-unsaturated/α-hetero) is 1. The second-order valence-electron chi connectivity index (χ2n) is 10.8. The highest BCUT2D eigenvalue weighted by molar-refractivity contribution is 5.94. The van der Waals surface area contributed by atoms with Crippen LogP contribution in [0.25, 0.3) is 0 Å². The van der Waals surface area contributed by atoms with Crippen LogP contribution < -0.4 is 10.9 Å². The molecular formula is C30H38FN5O5. The quantitative estimate of drug-likeness (QED) is 0.392. The van der Waals surface area contributed by atoms with Crippen molar-refractivity contribution in [3.63, 3.8) is 0 Å². The molecular weight excluding hydrogens is 529 g/mol. The van der Waals surface area contributed by atoms with Crippen LogP contribution in [0.4, 0.5) is 14.9 Å². The lowest BCUT2D eigenvalue weighted by molar-refractivity contribution is -0.123. The van der Waals surface area contributed by atoms with Crippen molar-refractivity contribution in [2.45, 2.75) is 65.5 Å². The molecule has 0 saturated carbocycles. The number of aryl methyl sites for hydroxylation is 1. The van der Waals surface area contributed by atoms with E-state index in [0.29, 0.717) is 47.6 Å². The molecule has 0 saturated heterocycles. The van der Waals surface area contributed by atoms with Crippen molar-refractivity contribution in [1.29, 1.82) is 0 Å². The summed E-state index contributed by atoms with van der Waals surface area (Å²) >= 11 is 0. The second kappa shape index (κ2) is 14.0. The van der Waals surface area contributed by atoms with Crippen LogP contribution in [-0.4, -0.2) is 65.2 Å². The lowest BCUT2D eigenvalue weighted by atomic mass is 10.00. The van der Waals surface area contributed by atoms with Gasteiger partial charge in [0.1, 0.15) is 5.82 Å². The van der Waals surface area contributed by atoms with Gasteiger partial charge in [0.25, 0.3) is 5.56 Å². The number of alkyl carbamates (subject to hydrolysis) is 1. The van der Waals surface area contributed by atoms with E-state index in [1.54, 1.807) is 43.8 Å². The molecule has 3 heterocycles. The maximum Gasteiger partial charge on any atom is 0.407 e. The van der Waals surface area contributed by atoms with Crippen LogP contribution in [0.2, 0.25) is 0 Å². The number of fused-ring (bicyclic) bond motifs is 1. The van der Waals surface area contributed by atoms with Gasteiger partial charge in [0.2, 0.25) is 5.91 Å². The molecule has 0 spiro atoms. The van der Waals surface area contributed by atoms with E-state index in [0.717, 1.165) is 0 Å². The molecule has 2 aromatic heterocycles. The van der Waals surface area contributed by atoms with Crippen molar-refractivity contribution >= 4 is 29.2 Å². The highest BCUT2D eigenvalue weighted by atomic mass is 19.1. The van der Waals surface area contributed by atoms with E-state index in [-0.39, 0.29) is 53.9 Å². The Morgan fingerprint density at radius 2 is 1.98 bits per heavy atom. The Balaban J connectivity index is 1.79. The molecule has 1 aliphatic rings. The summed E-state index contributed by atoms with van der Waals surface area (Å²) in [5.74, 6) is -0.700. The molecule has 2 aromatic rings. The van der Waals surface area contributed by atoms with E-state index in [1.165, 1.54) is 24.3 Å². The second-order valence-corrected chi connectivity index (χ2v) is 10.8. The fourth-order valence-electron chi connectivity index (χ4n) is 4.56. The molecule has 41 heavy (non-hydrogen) atoms. The number of nitrogens with zero attached hydrogens (tertiary/aromatic N) is 4. The van der Waals surface area contributed by atoms with Gasteiger partial charge in [-0.15, -0.1) is 0 Å². The summed E-state index contributed by atoms with van der Waals surface area (Å²) in [6, 6.07) is 2.46. The lowest BCUT2D eigenvalue weighted by Crippen LogP contribution is -2.42. The first kappa shape index (κ1) is 31.4. The molecule has 0 bridgehead atoms. The molecule has 0 fully saturated rings. The van der Waals surface area contributed by atoms with Crippen molar-refractivity contribution in [2.24, 2.45) is 10.9 Å². The number of hydrogen-bond donors (Lipinski definition) is 1. The molecule has 0 aliphatic carbocycles. The molecule has 0 unspecified atom stereocenters. The average molecular weight is 568 g/mol. The van der Waals surface area contributed by atoms with E-state index in [9.17, 15) is 23.6 Å². The largest absolute Gasteiger partial charge is 0.453 e. The standard InChI is InChI=1S/C30H38FN5O5/c1-18(2)13-22-23(31)16-32-25-15-21(33-28(22)25)17-36-19(3)11-12-20(29(36)39)14-26(37)24(34-30(40)41-6)9-7-8-10-27(38)35(4)5/h8,10-12,16,18,24H,7,9,13-15,17H2,1-6H3,(H,34,40)/b10-8+/t24-/m0/s1. The number of rotatable bonds is 12. The van der Waals surface area contributed by atoms with Gasteiger partial charge >= 0.3 is 6.09 Å². The van der Waals surface area contributed by atoms with Gasteiger partial charge in [-0.3, -0.25) is 24.4 Å². The minimum Gasteiger partial charge on any atom is -0.453 e. The van der Waals surface area contributed by atoms with Crippen molar-refractivity contribution in [2.75, 3.05) is 21.2 Å². The zero-order valence-electron chi connectivity index (χ0n) is 24.5. The minimum atomic E-state index is -0.912. The smallest absolute Gasteiger partial charge is 0.407 e. The van der Waals surface area contributed by atoms with Crippen molar-refractivity contribution in [3.8, 4) is 0 Å². The molecule has 3 rings (SSSR count). The molecule has 220 valence electrons. The van der Waals surface area contributed by atoms with E-state index >= 15 is 0 Å². The molecule has 1 atom stereocenters. The number of carbonyl (C=O) groups is 3. The SMILES string of the molecule is COC(=O)N[C@@H](CC/C=C/C(=O)N(C)C)C(=O)Cc1ccc(C)n(CC2=Nc3c(ncc(F)c3CC(C)C)C2)c1=O. The molecule has 1 N–H and O–H groups in total. The number of methoxy groups -OCH3 is 1. The third-order valence-electron chi connectivity index (χ3n) is 6.80. The van der Waals surface area contributed by atoms with Crippen LogP contribution >= 0.6 is 0 Å². The Labute approximate surface area is 239 Å². The zero-order chi connectivity index (χ0) is 30.3. The number of aliphatic imine (C=N–C) groups is 1. The van der Waals surface area contributed by atoms with E-state index in [4.69, 9.17) is 0 Å². The minimum absolute atomic E-state index is 0.181. The lowest BCUT2D eigenvalue weighted by Gasteiger charge is -2.17. The van der Waals surface area contributed by atoms with Crippen LogP contribution in [0.15, 0.2) is 40.3 Å². The maximum absolute atomic E-state index is 14.5. The number of halogens is 1. The average Bonchev–Trinajstić information content (AvgIpc) is 3.34. The number of hydrogen-bond acceptors (Lipinski definition) is 7. The Morgan fingerprint density at radius 3 is 2.63 bits per heavy atom. The normalized spacial score (nSPS) is 13.2.